The molecule has 0 amide bonds. The van der Waals surface area contributed by atoms with Crippen molar-refractivity contribution in [2.45, 2.75) is 40.7 Å². The van der Waals surface area contributed by atoms with E-state index in [9.17, 15) is 19.8 Å². The highest BCUT2D eigenvalue weighted by atomic mass is 16.6. The van der Waals surface area contributed by atoms with Gasteiger partial charge in [0.15, 0.2) is 0 Å². The fourth-order valence-electron chi connectivity index (χ4n) is 4.07. The van der Waals surface area contributed by atoms with Crippen molar-refractivity contribution in [3.8, 4) is 5.75 Å². The summed E-state index contributed by atoms with van der Waals surface area (Å²) in [5, 5.41) is 22.9. The zero-order chi connectivity index (χ0) is 25.7. The predicted octanol–water partition coefficient (Wildman–Crippen LogP) is 5.55. The number of oxime groups is 1. The first-order valence-electron chi connectivity index (χ1n) is 11.1. The lowest BCUT2D eigenvalue weighted by Crippen LogP contribution is -2.09. The molecule has 0 saturated carbocycles. The van der Waals surface area contributed by atoms with Crippen molar-refractivity contribution in [1.82, 2.24) is 0 Å². The van der Waals surface area contributed by atoms with E-state index in [-0.39, 0.29) is 11.1 Å². The molecule has 0 aliphatic rings. The summed E-state index contributed by atoms with van der Waals surface area (Å²) >= 11 is 0. The van der Waals surface area contributed by atoms with Gasteiger partial charge in [-0.05, 0) is 91.8 Å². The van der Waals surface area contributed by atoms with E-state index in [0.29, 0.717) is 18.6 Å². The van der Waals surface area contributed by atoms with Crippen LogP contribution in [0.5, 0.6) is 5.75 Å². The monoisotopic (exact) mass is 475 g/mol. The van der Waals surface area contributed by atoms with Crippen molar-refractivity contribution in [2.24, 2.45) is 5.16 Å². The molecule has 0 atom stereocenters. The molecule has 0 bridgehead atoms. The van der Waals surface area contributed by atoms with Crippen LogP contribution >= 0.6 is 0 Å². The third kappa shape index (κ3) is 5.87. The molecule has 0 aliphatic carbocycles. The Kier molecular flexibility index (Phi) is 7.91. The molecule has 0 heterocycles. The van der Waals surface area contributed by atoms with E-state index < -0.39 is 11.9 Å². The molecule has 0 spiro atoms. The van der Waals surface area contributed by atoms with Gasteiger partial charge in [0.25, 0.3) is 0 Å². The molecular formula is C28H29NO6. The quantitative estimate of drug-likeness (QED) is 0.311. The van der Waals surface area contributed by atoms with Crippen LogP contribution in [0.2, 0.25) is 0 Å². The van der Waals surface area contributed by atoms with Gasteiger partial charge in [-0.3, -0.25) is 0 Å². The highest BCUT2D eigenvalue weighted by Gasteiger charge is 2.17. The summed E-state index contributed by atoms with van der Waals surface area (Å²) in [7, 11) is 1.52. The van der Waals surface area contributed by atoms with Crippen molar-refractivity contribution in [2.75, 3.05) is 7.11 Å². The van der Waals surface area contributed by atoms with Crippen molar-refractivity contribution in [3.63, 3.8) is 0 Å². The minimum Gasteiger partial charge on any atom is -0.489 e. The smallest absolute Gasteiger partial charge is 0.336 e. The van der Waals surface area contributed by atoms with Crippen LogP contribution in [0.1, 0.15) is 66.6 Å². The maximum absolute atomic E-state index is 11.8. The van der Waals surface area contributed by atoms with E-state index in [1.165, 1.54) is 19.2 Å². The normalized spacial score (nSPS) is 11.3. The number of rotatable bonds is 9. The third-order valence-electron chi connectivity index (χ3n) is 5.99. The van der Waals surface area contributed by atoms with Crippen molar-refractivity contribution < 1.29 is 29.4 Å². The van der Waals surface area contributed by atoms with Gasteiger partial charge in [0, 0.05) is 5.56 Å². The number of hydrogen-bond donors (Lipinski definition) is 2. The molecule has 3 aromatic rings. The molecule has 0 aliphatic heterocycles. The molecule has 3 aromatic carbocycles. The van der Waals surface area contributed by atoms with Gasteiger partial charge in [-0.2, -0.15) is 0 Å². The van der Waals surface area contributed by atoms with E-state index in [0.717, 1.165) is 44.8 Å². The first kappa shape index (κ1) is 25.5. The van der Waals surface area contributed by atoms with E-state index in [2.05, 4.69) is 5.16 Å². The van der Waals surface area contributed by atoms with Gasteiger partial charge in [0.05, 0.1) is 16.8 Å². The lowest BCUT2D eigenvalue weighted by Gasteiger charge is -2.17. The van der Waals surface area contributed by atoms with Gasteiger partial charge >= 0.3 is 11.9 Å². The molecule has 3 rings (SSSR count). The first-order chi connectivity index (χ1) is 16.6. The highest BCUT2D eigenvalue weighted by Crippen LogP contribution is 2.27. The second-order valence-electron chi connectivity index (χ2n) is 8.45. The number of aryl methyl sites for hydroxylation is 3. The molecule has 0 unspecified atom stereocenters. The Morgan fingerprint density at radius 3 is 2.26 bits per heavy atom. The van der Waals surface area contributed by atoms with Gasteiger partial charge < -0.3 is 19.8 Å². The number of carboxylic acids is 2. The molecule has 0 fully saturated rings. The molecule has 35 heavy (non-hydrogen) atoms. The summed E-state index contributed by atoms with van der Waals surface area (Å²) in [6.07, 6.45) is 0.339. The van der Waals surface area contributed by atoms with Gasteiger partial charge in [-0.15, -0.1) is 0 Å². The van der Waals surface area contributed by atoms with Crippen LogP contribution in [0.3, 0.4) is 0 Å². The molecular weight excluding hydrogens is 446 g/mol. The largest absolute Gasteiger partial charge is 0.489 e. The van der Waals surface area contributed by atoms with E-state index in [1.807, 2.05) is 58.0 Å². The van der Waals surface area contributed by atoms with E-state index in [1.54, 1.807) is 6.07 Å². The molecule has 2 N–H and O–H groups in total. The second kappa shape index (κ2) is 10.9. The van der Waals surface area contributed by atoms with Crippen LogP contribution in [-0.2, 0) is 17.9 Å². The van der Waals surface area contributed by atoms with Gasteiger partial charge in [0.2, 0.25) is 0 Å². The highest BCUT2D eigenvalue weighted by molar-refractivity contribution is 6.00. The average Bonchev–Trinajstić information content (AvgIpc) is 2.80. The van der Waals surface area contributed by atoms with E-state index in [4.69, 9.17) is 9.57 Å². The maximum Gasteiger partial charge on any atom is 0.336 e. The van der Waals surface area contributed by atoms with Gasteiger partial charge in [-0.25, -0.2) is 9.59 Å². The van der Waals surface area contributed by atoms with Crippen molar-refractivity contribution in [3.05, 3.63) is 98.6 Å². The third-order valence-corrected chi connectivity index (χ3v) is 5.99. The van der Waals surface area contributed by atoms with Crippen molar-refractivity contribution >= 4 is 17.7 Å². The van der Waals surface area contributed by atoms with Crippen LogP contribution in [-0.4, -0.2) is 35.0 Å². The summed E-state index contributed by atoms with van der Waals surface area (Å²) in [6.45, 7) is 8.14. The summed E-state index contributed by atoms with van der Waals surface area (Å²) in [6, 6.07) is 14.0. The number of ether oxygens (including phenoxy) is 1. The van der Waals surface area contributed by atoms with Gasteiger partial charge in [-0.1, -0.05) is 29.4 Å². The number of hydrogen-bond acceptors (Lipinski definition) is 5. The molecule has 7 heteroatoms. The van der Waals surface area contributed by atoms with E-state index >= 15 is 0 Å². The second-order valence-corrected chi connectivity index (χ2v) is 8.45. The Morgan fingerprint density at radius 1 is 0.857 bits per heavy atom. The lowest BCUT2D eigenvalue weighted by molar-refractivity contribution is 0.0695. The lowest BCUT2D eigenvalue weighted by atomic mass is 9.93. The number of nitrogens with zero attached hydrogens (tertiary/aromatic N) is 1. The van der Waals surface area contributed by atoms with Crippen molar-refractivity contribution in [1.29, 1.82) is 0 Å². The summed E-state index contributed by atoms with van der Waals surface area (Å²) in [4.78, 5) is 28.0. The number of carbonyl (C=O) groups is 2. The number of carboxylic acid groups (broad SMARTS) is 2. The molecule has 7 nitrogen and oxygen atoms in total. The molecule has 182 valence electrons. The van der Waals surface area contributed by atoms with Gasteiger partial charge in [0.1, 0.15) is 19.5 Å². The van der Waals surface area contributed by atoms with Crippen LogP contribution < -0.4 is 4.74 Å². The zero-order valence-electron chi connectivity index (χ0n) is 20.5. The fourth-order valence-corrected chi connectivity index (χ4v) is 4.07. The zero-order valence-corrected chi connectivity index (χ0v) is 20.5. The van der Waals surface area contributed by atoms with Crippen LogP contribution in [0, 0.1) is 20.8 Å². The van der Waals surface area contributed by atoms with Crippen LogP contribution in [0.4, 0.5) is 0 Å². The summed E-state index contributed by atoms with van der Waals surface area (Å²) < 4.78 is 6.22. The minimum absolute atomic E-state index is 0.0200. The first-order valence-corrected chi connectivity index (χ1v) is 11.1. The topological polar surface area (TPSA) is 105 Å². The standard InChI is InChI=1S/C28H29NO6/c1-16-7-6-8-20(13-21-9-10-22(27(30)31)14-24(21)28(32)33)25(16)15-35-26-12-17(2)23(11-18(26)3)19(4)29-34-5/h6-12,14H,13,15H2,1-5H3,(H,30,31)(H,32,33). The Morgan fingerprint density at radius 2 is 1.60 bits per heavy atom. The summed E-state index contributed by atoms with van der Waals surface area (Å²) in [5.74, 6) is -1.57. The summed E-state index contributed by atoms with van der Waals surface area (Å²) in [5.41, 5.74) is 7.11. The number of aromatic carboxylic acids is 2. The minimum atomic E-state index is -1.16. The Hall–Kier alpha value is -4.13. The maximum atomic E-state index is 11.8. The Balaban J connectivity index is 1.91. The predicted molar refractivity (Wildman–Crippen MR) is 134 cm³/mol. The van der Waals surface area contributed by atoms with Crippen LogP contribution in [0.25, 0.3) is 0 Å². The Labute approximate surface area is 204 Å². The van der Waals surface area contributed by atoms with Crippen LogP contribution in [0.15, 0.2) is 53.7 Å². The molecule has 0 radical (unpaired) electrons. The average molecular weight is 476 g/mol. The number of benzene rings is 3. The molecule has 0 saturated heterocycles. The molecule has 0 aromatic heterocycles. The SMILES string of the molecule is CON=C(C)c1cc(C)c(OCc2c(C)cccc2Cc2ccc(C(=O)O)cc2C(=O)O)cc1C. The fraction of sp³-hybridized carbons (Fsp3) is 0.250. The Bertz CT molecular complexity index is 1310.